The van der Waals surface area contributed by atoms with Crippen LogP contribution in [0.2, 0.25) is 0 Å². The normalized spacial score (nSPS) is 11.8. The minimum absolute atomic E-state index is 0.0174. The Labute approximate surface area is 116 Å². The first kappa shape index (κ1) is 13.1. The smallest absolute Gasteiger partial charge is 0.131 e. The molecule has 0 amide bonds. The summed E-state index contributed by atoms with van der Waals surface area (Å²) in [4.78, 5) is 4.70. The van der Waals surface area contributed by atoms with Crippen molar-refractivity contribution in [3.63, 3.8) is 0 Å². The predicted octanol–water partition coefficient (Wildman–Crippen LogP) is 3.73. The van der Waals surface area contributed by atoms with Crippen molar-refractivity contribution in [1.29, 1.82) is 0 Å². The quantitative estimate of drug-likeness (QED) is 0.872. The Morgan fingerprint density at radius 1 is 1.17 bits per heavy atom. The maximum Gasteiger partial charge on any atom is 0.131 e. The number of aromatic nitrogens is 2. The Bertz CT molecular complexity index is 562. The molecule has 0 saturated carbocycles. The molecule has 1 heterocycles. The van der Waals surface area contributed by atoms with E-state index in [1.807, 2.05) is 35.9 Å². The highest BCUT2D eigenvalue weighted by Gasteiger charge is 2.23. The van der Waals surface area contributed by atoms with E-state index >= 15 is 0 Å². The molecule has 2 N–H and O–H groups in total. The summed E-state index contributed by atoms with van der Waals surface area (Å²) in [6, 6.07) is 8.05. The van der Waals surface area contributed by atoms with Crippen LogP contribution in [0.15, 0.2) is 28.7 Å². The van der Waals surface area contributed by atoms with Gasteiger partial charge in [0.25, 0.3) is 0 Å². The van der Waals surface area contributed by atoms with Crippen molar-refractivity contribution < 1.29 is 0 Å². The van der Waals surface area contributed by atoms with Crippen molar-refractivity contribution in [2.75, 3.05) is 5.73 Å². The molecule has 0 saturated heterocycles. The fourth-order valence-corrected chi connectivity index (χ4v) is 2.27. The van der Waals surface area contributed by atoms with E-state index in [2.05, 4.69) is 36.7 Å². The zero-order chi connectivity index (χ0) is 13.5. The van der Waals surface area contributed by atoms with Gasteiger partial charge >= 0.3 is 0 Å². The third-order valence-corrected chi connectivity index (χ3v) is 3.46. The van der Waals surface area contributed by atoms with Gasteiger partial charge in [-0.2, -0.15) is 0 Å². The zero-order valence-electron chi connectivity index (χ0n) is 11.2. The maximum absolute atomic E-state index is 6.16. The fourth-order valence-electron chi connectivity index (χ4n) is 2.00. The van der Waals surface area contributed by atoms with Crippen LogP contribution in [-0.2, 0) is 12.5 Å². The van der Waals surface area contributed by atoms with Crippen molar-refractivity contribution in [1.82, 2.24) is 9.55 Å². The Kier molecular flexibility index (Phi) is 3.23. The second kappa shape index (κ2) is 4.43. The van der Waals surface area contributed by atoms with Gasteiger partial charge < -0.3 is 10.3 Å². The molecule has 0 unspecified atom stereocenters. The minimum atomic E-state index is -0.0174. The number of benzene rings is 1. The molecule has 2 rings (SSSR count). The fraction of sp³-hybridized carbons (Fsp3) is 0.357. The van der Waals surface area contributed by atoms with Crippen LogP contribution in [0.3, 0.4) is 0 Å². The summed E-state index contributed by atoms with van der Waals surface area (Å²) in [6.45, 7) is 6.42. The number of nitrogen functional groups attached to an aromatic ring is 1. The lowest BCUT2D eigenvalue weighted by molar-refractivity contribution is 0.524. The summed E-state index contributed by atoms with van der Waals surface area (Å²) in [7, 11) is 1.96. The summed E-state index contributed by atoms with van der Waals surface area (Å²) in [5.41, 5.74) is 8.04. The van der Waals surface area contributed by atoms with Gasteiger partial charge in [-0.1, -0.05) is 48.8 Å². The summed E-state index contributed by atoms with van der Waals surface area (Å²) in [5.74, 6) is 1.71. The largest absolute Gasteiger partial charge is 0.383 e. The molecule has 4 heteroatoms. The Balaban J connectivity index is 2.56. The van der Waals surface area contributed by atoms with Gasteiger partial charge in [-0.15, -0.1) is 0 Å². The van der Waals surface area contributed by atoms with E-state index in [9.17, 15) is 0 Å². The SMILES string of the molecule is Cn1c(C(C)(C)C)nc(-c2ccc(Br)cc2)c1N. The Morgan fingerprint density at radius 3 is 2.17 bits per heavy atom. The molecule has 0 fully saturated rings. The molecule has 2 aromatic rings. The van der Waals surface area contributed by atoms with E-state index in [1.165, 1.54) is 0 Å². The van der Waals surface area contributed by atoms with Gasteiger partial charge in [-0.3, -0.25) is 0 Å². The van der Waals surface area contributed by atoms with E-state index in [-0.39, 0.29) is 5.41 Å². The highest BCUT2D eigenvalue weighted by atomic mass is 79.9. The predicted molar refractivity (Wildman–Crippen MR) is 79.5 cm³/mol. The first-order chi connectivity index (χ1) is 8.30. The van der Waals surface area contributed by atoms with Crippen LogP contribution >= 0.6 is 15.9 Å². The number of rotatable bonds is 1. The van der Waals surface area contributed by atoms with Crippen LogP contribution in [-0.4, -0.2) is 9.55 Å². The second-order valence-electron chi connectivity index (χ2n) is 5.49. The molecule has 1 aromatic heterocycles. The van der Waals surface area contributed by atoms with Crippen LogP contribution < -0.4 is 5.73 Å². The van der Waals surface area contributed by atoms with Crippen LogP contribution in [0.1, 0.15) is 26.6 Å². The van der Waals surface area contributed by atoms with Crippen LogP contribution in [0.4, 0.5) is 5.82 Å². The highest BCUT2D eigenvalue weighted by Crippen LogP contribution is 2.31. The molecule has 0 aliphatic carbocycles. The third-order valence-electron chi connectivity index (χ3n) is 2.93. The van der Waals surface area contributed by atoms with Crippen LogP contribution in [0.25, 0.3) is 11.3 Å². The van der Waals surface area contributed by atoms with Gasteiger partial charge in [0.15, 0.2) is 0 Å². The highest BCUT2D eigenvalue weighted by molar-refractivity contribution is 9.10. The van der Waals surface area contributed by atoms with E-state index in [0.29, 0.717) is 5.82 Å². The lowest BCUT2D eigenvalue weighted by Gasteiger charge is -2.17. The van der Waals surface area contributed by atoms with Gasteiger partial charge in [0.1, 0.15) is 17.3 Å². The first-order valence-corrected chi connectivity index (χ1v) is 6.68. The number of nitrogens with zero attached hydrogens (tertiary/aromatic N) is 2. The number of halogens is 1. The average Bonchev–Trinajstić information content (AvgIpc) is 2.57. The van der Waals surface area contributed by atoms with Crippen LogP contribution in [0.5, 0.6) is 0 Å². The molecule has 3 nitrogen and oxygen atoms in total. The van der Waals surface area contributed by atoms with E-state index in [1.54, 1.807) is 0 Å². The lowest BCUT2D eigenvalue weighted by atomic mass is 9.96. The van der Waals surface area contributed by atoms with E-state index < -0.39 is 0 Å². The van der Waals surface area contributed by atoms with Crippen molar-refractivity contribution in [3.05, 3.63) is 34.6 Å². The molecule has 0 bridgehead atoms. The molecule has 0 aliphatic heterocycles. The molecule has 0 atom stereocenters. The van der Waals surface area contributed by atoms with Gasteiger partial charge in [0, 0.05) is 22.5 Å². The second-order valence-corrected chi connectivity index (χ2v) is 6.40. The lowest BCUT2D eigenvalue weighted by Crippen LogP contribution is -2.17. The van der Waals surface area contributed by atoms with Gasteiger partial charge in [-0.05, 0) is 12.1 Å². The number of hydrogen-bond donors (Lipinski definition) is 1. The molecular weight excluding hydrogens is 290 g/mol. The number of imidazole rings is 1. The molecule has 0 aliphatic rings. The number of anilines is 1. The van der Waals surface area contributed by atoms with E-state index in [4.69, 9.17) is 10.7 Å². The van der Waals surface area contributed by atoms with Crippen molar-refractivity contribution >= 4 is 21.7 Å². The summed E-state index contributed by atoms with van der Waals surface area (Å²) in [6.07, 6.45) is 0. The van der Waals surface area contributed by atoms with Crippen molar-refractivity contribution in [2.24, 2.45) is 7.05 Å². The van der Waals surface area contributed by atoms with Gasteiger partial charge in [0.05, 0.1) is 0 Å². The maximum atomic E-state index is 6.16. The topological polar surface area (TPSA) is 43.8 Å². The first-order valence-electron chi connectivity index (χ1n) is 5.89. The van der Waals surface area contributed by atoms with Gasteiger partial charge in [0.2, 0.25) is 0 Å². The summed E-state index contributed by atoms with van der Waals surface area (Å²) in [5, 5.41) is 0. The Morgan fingerprint density at radius 2 is 1.72 bits per heavy atom. The zero-order valence-corrected chi connectivity index (χ0v) is 12.7. The number of hydrogen-bond acceptors (Lipinski definition) is 2. The number of nitrogens with two attached hydrogens (primary N) is 1. The molecule has 96 valence electrons. The molecule has 0 spiro atoms. The summed E-state index contributed by atoms with van der Waals surface area (Å²) >= 11 is 3.43. The van der Waals surface area contributed by atoms with Crippen molar-refractivity contribution in [2.45, 2.75) is 26.2 Å². The monoisotopic (exact) mass is 307 g/mol. The van der Waals surface area contributed by atoms with Crippen LogP contribution in [0, 0.1) is 0 Å². The molecular formula is C14H18BrN3. The molecule has 18 heavy (non-hydrogen) atoms. The minimum Gasteiger partial charge on any atom is -0.383 e. The standard InChI is InChI=1S/C14H18BrN3/c1-14(2,3)13-17-11(12(16)18(13)4)9-5-7-10(15)8-6-9/h5-8H,16H2,1-4H3. The summed E-state index contributed by atoms with van der Waals surface area (Å²) < 4.78 is 3.02. The molecule has 0 radical (unpaired) electrons. The average molecular weight is 308 g/mol. The Hall–Kier alpha value is -1.29. The van der Waals surface area contributed by atoms with Crippen molar-refractivity contribution in [3.8, 4) is 11.3 Å². The van der Waals surface area contributed by atoms with E-state index in [0.717, 1.165) is 21.6 Å². The molecule has 1 aromatic carbocycles. The third kappa shape index (κ3) is 2.29. The van der Waals surface area contributed by atoms with Gasteiger partial charge in [-0.25, -0.2) is 4.98 Å².